The van der Waals surface area contributed by atoms with Crippen molar-refractivity contribution in [1.82, 2.24) is 5.32 Å². The van der Waals surface area contributed by atoms with Gasteiger partial charge in [-0.25, -0.2) is 0 Å². The van der Waals surface area contributed by atoms with E-state index >= 15 is 0 Å². The Labute approximate surface area is 139 Å². The molecule has 23 heavy (non-hydrogen) atoms. The van der Waals surface area contributed by atoms with Crippen molar-refractivity contribution in [2.24, 2.45) is 5.16 Å². The van der Waals surface area contributed by atoms with Crippen LogP contribution in [-0.4, -0.2) is 42.4 Å². The number of benzene rings is 1. The molecule has 5 heteroatoms. The van der Waals surface area contributed by atoms with Crippen molar-refractivity contribution in [3.8, 4) is 0 Å². The summed E-state index contributed by atoms with van der Waals surface area (Å²) in [4.78, 5) is 16.3. The van der Waals surface area contributed by atoms with Crippen LogP contribution < -0.4 is 5.32 Å². The molecule has 1 atom stereocenters. The van der Waals surface area contributed by atoms with Crippen molar-refractivity contribution in [2.75, 3.05) is 7.11 Å². The number of hydrogen-bond acceptors (Lipinski definition) is 5. The van der Waals surface area contributed by atoms with E-state index in [1.54, 1.807) is 0 Å². The molecule has 130 valence electrons. The van der Waals surface area contributed by atoms with Crippen LogP contribution in [0, 0.1) is 0 Å². The van der Waals surface area contributed by atoms with Crippen LogP contribution in [-0.2, 0) is 16.1 Å². The molecule has 0 radical (unpaired) electrons. The number of nitrogens with one attached hydrogen (secondary N) is 1. The van der Waals surface area contributed by atoms with E-state index in [1.807, 2.05) is 58.9 Å². The van der Waals surface area contributed by atoms with Crippen molar-refractivity contribution in [2.45, 2.75) is 59.2 Å². The zero-order valence-corrected chi connectivity index (χ0v) is 15.0. The third-order valence-electron chi connectivity index (χ3n) is 2.94. The lowest BCUT2D eigenvalue weighted by molar-refractivity contribution is -0.109. The van der Waals surface area contributed by atoms with Gasteiger partial charge in [0.1, 0.15) is 12.4 Å². The Kier molecular flexibility index (Phi) is 10.9. The molecule has 0 saturated heterocycles. The fourth-order valence-electron chi connectivity index (χ4n) is 1.95. The number of oxime groups is 1. The Morgan fingerprint density at radius 1 is 1.22 bits per heavy atom. The van der Waals surface area contributed by atoms with Crippen LogP contribution in [0.2, 0.25) is 0 Å². The van der Waals surface area contributed by atoms with Crippen LogP contribution in [0.1, 0.15) is 45.7 Å². The molecule has 0 aromatic heterocycles. The molecule has 0 aliphatic carbocycles. The molecule has 0 fully saturated rings. The number of nitrogens with zero attached hydrogens (tertiary/aromatic N) is 1. The lowest BCUT2D eigenvalue weighted by Gasteiger charge is -2.15. The lowest BCUT2D eigenvalue weighted by Crippen LogP contribution is -2.37. The Morgan fingerprint density at radius 2 is 1.78 bits per heavy atom. The topological polar surface area (TPSA) is 70.9 Å². The minimum absolute atomic E-state index is 0.0784. The summed E-state index contributed by atoms with van der Waals surface area (Å²) in [7, 11) is 1.00. The van der Waals surface area contributed by atoms with Crippen molar-refractivity contribution in [3.05, 3.63) is 35.4 Å². The van der Waals surface area contributed by atoms with Gasteiger partial charge in [-0.1, -0.05) is 43.3 Å². The van der Waals surface area contributed by atoms with E-state index in [1.165, 1.54) is 0 Å². The molecule has 0 saturated carbocycles. The van der Waals surface area contributed by atoms with Crippen LogP contribution in [0.3, 0.4) is 0 Å². The first-order chi connectivity index (χ1) is 10.9. The Hall–Kier alpha value is -1.72. The van der Waals surface area contributed by atoms with Gasteiger partial charge in [0.2, 0.25) is 0 Å². The summed E-state index contributed by atoms with van der Waals surface area (Å²) in [5.74, 6) is 0. The number of aliphatic hydroxyl groups is 1. The number of aldehydes is 1. The second-order valence-electron chi connectivity index (χ2n) is 5.80. The molecular formula is C18H30N2O3. The molecular weight excluding hydrogens is 292 g/mol. The average Bonchev–Trinajstić information content (AvgIpc) is 2.54. The predicted octanol–water partition coefficient (Wildman–Crippen LogP) is 2.55. The molecule has 0 aliphatic heterocycles. The first-order valence-electron chi connectivity index (χ1n) is 7.88. The van der Waals surface area contributed by atoms with Crippen LogP contribution >= 0.6 is 0 Å². The Morgan fingerprint density at radius 3 is 2.22 bits per heavy atom. The van der Waals surface area contributed by atoms with E-state index < -0.39 is 0 Å². The van der Waals surface area contributed by atoms with Crippen LogP contribution in [0.25, 0.3) is 0 Å². The summed E-state index contributed by atoms with van der Waals surface area (Å²) < 4.78 is 0. The van der Waals surface area contributed by atoms with E-state index in [4.69, 9.17) is 9.94 Å². The monoisotopic (exact) mass is 322 g/mol. The first kappa shape index (κ1) is 21.3. The van der Waals surface area contributed by atoms with Crippen LogP contribution in [0.4, 0.5) is 0 Å². The van der Waals surface area contributed by atoms with Gasteiger partial charge >= 0.3 is 0 Å². The lowest BCUT2D eigenvalue weighted by atomic mass is 10.0. The normalized spacial score (nSPS) is 12.7. The van der Waals surface area contributed by atoms with E-state index in [2.05, 4.69) is 10.5 Å². The van der Waals surface area contributed by atoms with E-state index in [0.29, 0.717) is 12.5 Å². The largest absolute Gasteiger partial charge is 0.400 e. The summed E-state index contributed by atoms with van der Waals surface area (Å²) in [5.41, 5.74) is 3.00. The molecule has 0 aliphatic rings. The van der Waals surface area contributed by atoms with Gasteiger partial charge in [0.15, 0.2) is 0 Å². The van der Waals surface area contributed by atoms with Crippen molar-refractivity contribution in [3.63, 3.8) is 0 Å². The summed E-state index contributed by atoms with van der Waals surface area (Å²) in [6.07, 6.45) is 1.74. The molecule has 1 rings (SSSR count). The maximum absolute atomic E-state index is 11.1. The molecule has 0 heterocycles. The van der Waals surface area contributed by atoms with Crippen molar-refractivity contribution >= 4 is 12.0 Å². The summed E-state index contributed by atoms with van der Waals surface area (Å²) >= 11 is 0. The average molecular weight is 322 g/mol. The number of carbonyl (C=O) groups is 1. The molecule has 0 amide bonds. The maximum atomic E-state index is 11.1. The van der Waals surface area contributed by atoms with Gasteiger partial charge in [0.05, 0.1) is 11.8 Å². The van der Waals surface area contributed by atoms with Gasteiger partial charge in [-0.05, 0) is 38.3 Å². The fourth-order valence-corrected chi connectivity index (χ4v) is 1.95. The summed E-state index contributed by atoms with van der Waals surface area (Å²) in [6.45, 7) is 9.89. The van der Waals surface area contributed by atoms with Gasteiger partial charge in [-0.15, -0.1) is 0 Å². The quantitative estimate of drug-likeness (QED) is 0.438. The number of aliphatic hydroxyl groups excluding tert-OH is 1. The first-order valence-corrected chi connectivity index (χ1v) is 7.88. The van der Waals surface area contributed by atoms with Gasteiger partial charge in [0, 0.05) is 13.2 Å². The highest BCUT2D eigenvalue weighted by Gasteiger charge is 2.09. The Bertz CT molecular complexity index is 468. The summed E-state index contributed by atoms with van der Waals surface area (Å²) in [5, 5.41) is 14.3. The van der Waals surface area contributed by atoms with E-state index in [0.717, 1.165) is 30.2 Å². The van der Waals surface area contributed by atoms with Gasteiger partial charge < -0.3 is 20.1 Å². The SMILES string of the molecule is C/C(=N/OC(C)C)c1ccc(CC(C=O)NC(C)C)cc1.CO. The number of carbonyl (C=O) groups excluding carboxylic acids is 1. The molecule has 0 spiro atoms. The highest BCUT2D eigenvalue weighted by Crippen LogP contribution is 2.09. The van der Waals surface area contributed by atoms with Crippen molar-refractivity contribution < 1.29 is 14.7 Å². The molecule has 2 N–H and O–H groups in total. The van der Waals surface area contributed by atoms with Crippen LogP contribution in [0.5, 0.6) is 0 Å². The van der Waals surface area contributed by atoms with Gasteiger partial charge in [-0.3, -0.25) is 0 Å². The Balaban J connectivity index is 0.00000232. The zero-order valence-electron chi connectivity index (χ0n) is 15.0. The van der Waals surface area contributed by atoms with Gasteiger partial charge in [-0.2, -0.15) is 0 Å². The predicted molar refractivity (Wildman–Crippen MR) is 94.8 cm³/mol. The fraction of sp³-hybridized carbons (Fsp3) is 0.556. The summed E-state index contributed by atoms with van der Waals surface area (Å²) in [6, 6.07) is 8.23. The van der Waals surface area contributed by atoms with Crippen LogP contribution in [0.15, 0.2) is 29.4 Å². The van der Waals surface area contributed by atoms with Crippen molar-refractivity contribution in [1.29, 1.82) is 0 Å². The zero-order chi connectivity index (χ0) is 17.8. The van der Waals surface area contributed by atoms with E-state index in [-0.39, 0.29) is 12.1 Å². The second kappa shape index (κ2) is 11.8. The maximum Gasteiger partial charge on any atom is 0.137 e. The van der Waals surface area contributed by atoms with E-state index in [9.17, 15) is 4.79 Å². The number of rotatable bonds is 8. The minimum Gasteiger partial charge on any atom is -0.400 e. The highest BCUT2D eigenvalue weighted by atomic mass is 16.6. The minimum atomic E-state index is -0.144. The smallest absolute Gasteiger partial charge is 0.137 e. The standard InChI is InChI=1S/C17H26N2O2.CH4O/c1-12(2)18-17(11-20)10-15-6-8-16(9-7-15)14(5)19-21-13(3)4;1-2/h6-9,11-13,17-18H,10H2,1-5H3;2H,1H3/b19-14-;. The molecule has 1 aromatic carbocycles. The second-order valence-corrected chi connectivity index (χ2v) is 5.80. The molecule has 1 aromatic rings. The molecule has 5 nitrogen and oxygen atoms in total. The molecule has 1 unspecified atom stereocenters. The molecule has 0 bridgehead atoms. The van der Waals surface area contributed by atoms with Gasteiger partial charge in [0.25, 0.3) is 0 Å². The third-order valence-corrected chi connectivity index (χ3v) is 2.94. The highest BCUT2D eigenvalue weighted by molar-refractivity contribution is 5.98. The third kappa shape index (κ3) is 9.11. The number of hydrogen-bond donors (Lipinski definition) is 2.